The number of hydrogen-bond donors (Lipinski definition) is 0. The van der Waals surface area contributed by atoms with Gasteiger partial charge in [-0.3, -0.25) is 0 Å². The highest BCUT2D eigenvalue weighted by molar-refractivity contribution is 6.52. The summed E-state index contributed by atoms with van der Waals surface area (Å²) in [4.78, 5) is 9.90. The Morgan fingerprint density at radius 1 is 1.62 bits per heavy atom. The second-order valence-corrected chi connectivity index (χ2v) is 4.41. The van der Waals surface area contributed by atoms with E-state index in [-0.39, 0.29) is 0 Å². The summed E-state index contributed by atoms with van der Waals surface area (Å²) in [6.07, 6.45) is 3.27. The molecule has 0 fully saturated rings. The summed E-state index contributed by atoms with van der Waals surface area (Å²) in [6, 6.07) is 0. The molecule has 0 saturated heterocycles. The molecule has 0 aromatic heterocycles. The molecule has 0 aliphatic heterocycles. The van der Waals surface area contributed by atoms with Gasteiger partial charge in [0.05, 0.1) is 0 Å². The third-order valence-corrected chi connectivity index (χ3v) is 1.86. The number of allylic oxidation sites excluding steroid dienone is 1. The van der Waals surface area contributed by atoms with Crippen LogP contribution in [0.15, 0.2) is 12.7 Å². The maximum absolute atomic E-state index is 11.0. The van der Waals surface area contributed by atoms with Gasteiger partial charge in [-0.05, 0) is 26.7 Å². The Labute approximate surface area is 88.9 Å². The fourth-order valence-corrected chi connectivity index (χ4v) is 0.907. The summed E-state index contributed by atoms with van der Waals surface area (Å²) >= 11 is 10.7. The maximum Gasteiger partial charge on any atom is 0.339 e. The molecule has 13 heavy (non-hydrogen) atoms. The van der Waals surface area contributed by atoms with Crippen LogP contribution in [-0.4, -0.2) is 16.4 Å². The van der Waals surface area contributed by atoms with Gasteiger partial charge in [0, 0.05) is 0 Å². The largest absolute Gasteiger partial charge is 0.458 e. The Morgan fingerprint density at radius 2 is 2.15 bits per heavy atom. The van der Waals surface area contributed by atoms with E-state index in [9.17, 15) is 4.79 Å². The van der Waals surface area contributed by atoms with Gasteiger partial charge >= 0.3 is 5.97 Å². The predicted molar refractivity (Wildman–Crippen MR) is 55.1 cm³/mol. The third kappa shape index (κ3) is 5.94. The average molecular weight is 225 g/mol. The van der Waals surface area contributed by atoms with Gasteiger partial charge in [0.15, 0.2) is 0 Å². The molecule has 0 unspecified atom stereocenters. The van der Waals surface area contributed by atoms with E-state index in [2.05, 4.69) is 6.58 Å². The van der Waals surface area contributed by atoms with Crippen LogP contribution in [0.3, 0.4) is 0 Å². The van der Waals surface area contributed by atoms with E-state index < -0.39 is 16.4 Å². The van der Waals surface area contributed by atoms with Crippen molar-refractivity contribution in [3.63, 3.8) is 0 Å². The fraction of sp³-hybridized carbons (Fsp3) is 0.667. The zero-order valence-corrected chi connectivity index (χ0v) is 9.36. The third-order valence-electron chi connectivity index (χ3n) is 1.51. The van der Waals surface area contributed by atoms with Crippen molar-refractivity contribution in [1.29, 1.82) is 0 Å². The molecule has 0 aliphatic carbocycles. The van der Waals surface area contributed by atoms with Crippen molar-refractivity contribution >= 4 is 29.2 Å². The standard InChI is InChI=1S/C9H14Cl2O2/c1-4-5-6-9(2,3)13-8(12)7(10)11/h4,7H,1,5-6H2,2-3H3. The van der Waals surface area contributed by atoms with E-state index in [4.69, 9.17) is 27.9 Å². The minimum atomic E-state index is -1.11. The monoisotopic (exact) mass is 224 g/mol. The highest BCUT2D eigenvalue weighted by Crippen LogP contribution is 2.19. The molecular formula is C9H14Cl2O2. The van der Waals surface area contributed by atoms with E-state index in [0.29, 0.717) is 6.42 Å². The van der Waals surface area contributed by atoms with Crippen LogP contribution in [0, 0.1) is 0 Å². The normalized spacial score (nSPS) is 11.5. The summed E-state index contributed by atoms with van der Waals surface area (Å²) in [7, 11) is 0. The van der Waals surface area contributed by atoms with Gasteiger partial charge in [0.2, 0.25) is 4.84 Å². The number of carbonyl (C=O) groups is 1. The molecule has 0 amide bonds. The van der Waals surface area contributed by atoms with Crippen LogP contribution in [0.1, 0.15) is 26.7 Å². The molecule has 0 aliphatic rings. The number of rotatable bonds is 5. The number of esters is 1. The molecule has 0 rings (SSSR count). The first-order valence-electron chi connectivity index (χ1n) is 4.01. The minimum Gasteiger partial charge on any atom is -0.458 e. The molecule has 0 aromatic carbocycles. The number of carbonyl (C=O) groups excluding carboxylic acids is 1. The minimum absolute atomic E-state index is 0.534. The maximum atomic E-state index is 11.0. The Kier molecular flexibility index (Phi) is 5.42. The molecule has 0 atom stereocenters. The molecule has 2 nitrogen and oxygen atoms in total. The first-order valence-corrected chi connectivity index (χ1v) is 4.88. The first-order chi connectivity index (χ1) is 5.89. The number of ether oxygens (including phenoxy) is 1. The van der Waals surface area contributed by atoms with Gasteiger partial charge in [0.1, 0.15) is 5.60 Å². The lowest BCUT2D eigenvalue weighted by atomic mass is 10.0. The van der Waals surface area contributed by atoms with E-state index in [0.717, 1.165) is 6.42 Å². The van der Waals surface area contributed by atoms with Gasteiger partial charge in [0.25, 0.3) is 0 Å². The van der Waals surface area contributed by atoms with Crippen molar-refractivity contribution in [2.45, 2.75) is 37.1 Å². The van der Waals surface area contributed by atoms with Crippen molar-refractivity contribution < 1.29 is 9.53 Å². The predicted octanol–water partition coefficient (Wildman–Crippen LogP) is 3.08. The van der Waals surface area contributed by atoms with Crippen molar-refractivity contribution in [3.8, 4) is 0 Å². The van der Waals surface area contributed by atoms with Crippen LogP contribution in [-0.2, 0) is 9.53 Å². The van der Waals surface area contributed by atoms with E-state index in [1.807, 2.05) is 13.8 Å². The molecule has 0 N–H and O–H groups in total. The van der Waals surface area contributed by atoms with Gasteiger partial charge in [-0.15, -0.1) is 6.58 Å². The van der Waals surface area contributed by atoms with Crippen molar-refractivity contribution in [2.75, 3.05) is 0 Å². The van der Waals surface area contributed by atoms with Crippen LogP contribution in [0.5, 0.6) is 0 Å². The summed E-state index contributed by atoms with van der Waals surface area (Å²) in [5.74, 6) is -0.600. The van der Waals surface area contributed by atoms with Gasteiger partial charge < -0.3 is 4.74 Å². The van der Waals surface area contributed by atoms with Gasteiger partial charge in [-0.2, -0.15) is 0 Å². The second-order valence-electron chi connectivity index (χ2n) is 3.31. The quantitative estimate of drug-likeness (QED) is 0.408. The molecule has 0 saturated carbocycles. The van der Waals surface area contributed by atoms with Crippen LogP contribution >= 0.6 is 23.2 Å². The molecule has 0 spiro atoms. The van der Waals surface area contributed by atoms with Crippen LogP contribution in [0.25, 0.3) is 0 Å². The Bertz CT molecular complexity index is 188. The lowest BCUT2D eigenvalue weighted by molar-refractivity contribution is -0.154. The molecule has 76 valence electrons. The molecule has 0 heterocycles. The highest BCUT2D eigenvalue weighted by Gasteiger charge is 2.25. The van der Waals surface area contributed by atoms with Crippen molar-refractivity contribution in [2.24, 2.45) is 0 Å². The lowest BCUT2D eigenvalue weighted by Gasteiger charge is -2.24. The summed E-state index contributed by atoms with van der Waals surface area (Å²) < 4.78 is 5.05. The van der Waals surface area contributed by atoms with E-state index in [1.165, 1.54) is 0 Å². The summed E-state index contributed by atoms with van der Waals surface area (Å²) in [5, 5.41) is 0. The Balaban J connectivity index is 4.00. The highest BCUT2D eigenvalue weighted by atomic mass is 35.5. The van der Waals surface area contributed by atoms with Crippen LogP contribution in [0.2, 0.25) is 0 Å². The van der Waals surface area contributed by atoms with E-state index in [1.54, 1.807) is 6.08 Å². The Hall–Kier alpha value is -0.210. The van der Waals surface area contributed by atoms with E-state index >= 15 is 0 Å². The van der Waals surface area contributed by atoms with Crippen molar-refractivity contribution in [3.05, 3.63) is 12.7 Å². The Morgan fingerprint density at radius 3 is 2.54 bits per heavy atom. The smallest absolute Gasteiger partial charge is 0.339 e. The SMILES string of the molecule is C=CCCC(C)(C)OC(=O)C(Cl)Cl. The summed E-state index contributed by atoms with van der Waals surface area (Å²) in [6.45, 7) is 7.21. The fourth-order valence-electron chi connectivity index (χ4n) is 0.818. The zero-order chi connectivity index (χ0) is 10.5. The molecule has 0 radical (unpaired) electrons. The lowest BCUT2D eigenvalue weighted by Crippen LogP contribution is -2.30. The van der Waals surface area contributed by atoms with Crippen LogP contribution in [0.4, 0.5) is 0 Å². The average Bonchev–Trinajstić information content (AvgIpc) is 2.00. The van der Waals surface area contributed by atoms with Gasteiger partial charge in [-0.25, -0.2) is 4.79 Å². The molecular weight excluding hydrogens is 211 g/mol. The van der Waals surface area contributed by atoms with Crippen molar-refractivity contribution in [1.82, 2.24) is 0 Å². The molecule has 0 aromatic rings. The second kappa shape index (κ2) is 5.51. The number of halogens is 2. The number of alkyl halides is 2. The topological polar surface area (TPSA) is 26.3 Å². The molecule has 0 bridgehead atoms. The van der Waals surface area contributed by atoms with Crippen LogP contribution < -0.4 is 0 Å². The number of hydrogen-bond acceptors (Lipinski definition) is 2. The van der Waals surface area contributed by atoms with Gasteiger partial charge in [-0.1, -0.05) is 29.3 Å². The summed E-state index contributed by atoms with van der Waals surface area (Å²) in [5.41, 5.74) is -0.534. The zero-order valence-electron chi connectivity index (χ0n) is 7.85. The molecule has 4 heteroatoms. The first kappa shape index (κ1) is 12.8.